The van der Waals surface area contributed by atoms with Crippen LogP contribution in [0.3, 0.4) is 0 Å². The fourth-order valence-corrected chi connectivity index (χ4v) is 2.39. The highest BCUT2D eigenvalue weighted by Gasteiger charge is 2.12. The van der Waals surface area contributed by atoms with Crippen molar-refractivity contribution in [2.24, 2.45) is 0 Å². The highest BCUT2D eigenvalue weighted by molar-refractivity contribution is 6.04. The first-order valence-corrected chi connectivity index (χ1v) is 8.34. The van der Waals surface area contributed by atoms with Crippen molar-refractivity contribution in [3.8, 4) is 11.1 Å². The summed E-state index contributed by atoms with van der Waals surface area (Å²) in [6, 6.07) is 8.21. The van der Waals surface area contributed by atoms with Crippen molar-refractivity contribution in [2.75, 3.05) is 16.4 Å². The number of aromatic nitrogens is 3. The molecule has 27 heavy (non-hydrogen) atoms. The normalized spacial score (nSPS) is 10.7. The van der Waals surface area contributed by atoms with E-state index in [1.807, 2.05) is 13.8 Å². The molecule has 0 aliphatic heterocycles. The zero-order valence-electron chi connectivity index (χ0n) is 14.9. The van der Waals surface area contributed by atoms with Gasteiger partial charge in [-0.25, -0.2) is 15.0 Å². The average molecular weight is 366 g/mol. The number of anilines is 3. The van der Waals surface area contributed by atoms with Crippen LogP contribution in [0.25, 0.3) is 11.1 Å². The molecule has 0 saturated heterocycles. The number of pyridine rings is 1. The summed E-state index contributed by atoms with van der Waals surface area (Å²) in [5.41, 5.74) is 8.39. The van der Waals surface area contributed by atoms with Gasteiger partial charge in [0.1, 0.15) is 11.5 Å². The van der Waals surface area contributed by atoms with Gasteiger partial charge in [-0.15, -0.1) is 0 Å². The molecular weight excluding hydrogens is 347 g/mol. The molecule has 0 saturated carbocycles. The van der Waals surface area contributed by atoms with Gasteiger partial charge in [0.05, 0.1) is 23.8 Å². The van der Waals surface area contributed by atoms with Crippen molar-refractivity contribution in [1.82, 2.24) is 15.0 Å². The van der Waals surface area contributed by atoms with Crippen LogP contribution in [0.15, 0.2) is 48.9 Å². The maximum absolute atomic E-state index is 13.0. The highest BCUT2D eigenvalue weighted by Crippen LogP contribution is 2.27. The maximum Gasteiger partial charge on any atom is 0.275 e. The van der Waals surface area contributed by atoms with Gasteiger partial charge in [-0.2, -0.15) is 4.39 Å². The van der Waals surface area contributed by atoms with E-state index in [0.717, 1.165) is 5.56 Å². The number of nitrogens with one attached hydrogen (secondary N) is 2. The number of carbonyl (C=O) groups is 1. The Morgan fingerprint density at radius 1 is 1.04 bits per heavy atom. The predicted octanol–water partition coefficient (Wildman–Crippen LogP) is 3.33. The first kappa shape index (κ1) is 18.2. The topological polar surface area (TPSA) is 106 Å². The summed E-state index contributed by atoms with van der Waals surface area (Å²) in [6.07, 6.45) is 4.31. The Balaban J connectivity index is 1.79. The van der Waals surface area contributed by atoms with Crippen molar-refractivity contribution < 1.29 is 9.18 Å². The summed E-state index contributed by atoms with van der Waals surface area (Å²) in [5, 5.41) is 5.83. The molecule has 4 N–H and O–H groups in total. The molecule has 7 nitrogen and oxygen atoms in total. The van der Waals surface area contributed by atoms with Crippen LogP contribution in [0.1, 0.15) is 24.3 Å². The Hall–Kier alpha value is -3.55. The lowest BCUT2D eigenvalue weighted by Crippen LogP contribution is -2.16. The SMILES string of the molecule is CC(C)Nc1cnc(C(=O)Nc2cc(-c3ccc(F)nc3)ccc2N)cn1. The number of nitrogens with two attached hydrogens (primary N) is 1. The van der Waals surface area contributed by atoms with Crippen LogP contribution in [0.5, 0.6) is 0 Å². The van der Waals surface area contributed by atoms with E-state index < -0.39 is 11.9 Å². The van der Waals surface area contributed by atoms with Gasteiger partial charge in [0.2, 0.25) is 5.95 Å². The minimum atomic E-state index is -0.559. The third-order valence-electron chi connectivity index (χ3n) is 3.68. The molecule has 0 aliphatic carbocycles. The second kappa shape index (κ2) is 7.77. The van der Waals surface area contributed by atoms with Crippen LogP contribution < -0.4 is 16.4 Å². The number of amides is 1. The predicted molar refractivity (Wildman–Crippen MR) is 103 cm³/mol. The standard InChI is InChI=1S/C19H19FN6O/c1-11(2)25-18-10-22-16(9-24-18)19(27)26-15-7-12(3-5-14(15)21)13-4-6-17(20)23-8-13/h3-11H,21H2,1-2H3,(H,24,25)(H,26,27). The third kappa shape index (κ3) is 4.55. The molecule has 2 aromatic heterocycles. The molecule has 0 radical (unpaired) electrons. The number of hydrogen-bond donors (Lipinski definition) is 3. The zero-order chi connectivity index (χ0) is 19.4. The lowest BCUT2D eigenvalue weighted by atomic mass is 10.1. The molecule has 138 valence electrons. The molecule has 3 aromatic rings. The third-order valence-corrected chi connectivity index (χ3v) is 3.68. The molecule has 0 aliphatic rings. The summed E-state index contributed by atoms with van der Waals surface area (Å²) in [6.45, 7) is 3.96. The Bertz CT molecular complexity index is 941. The number of halogens is 1. The van der Waals surface area contributed by atoms with E-state index in [1.165, 1.54) is 24.7 Å². The van der Waals surface area contributed by atoms with Crippen LogP contribution >= 0.6 is 0 Å². The van der Waals surface area contributed by atoms with E-state index in [1.54, 1.807) is 24.3 Å². The van der Waals surface area contributed by atoms with E-state index >= 15 is 0 Å². The fraction of sp³-hybridized carbons (Fsp3) is 0.158. The summed E-state index contributed by atoms with van der Waals surface area (Å²) < 4.78 is 13.0. The Kier molecular flexibility index (Phi) is 5.25. The molecule has 3 rings (SSSR count). The van der Waals surface area contributed by atoms with Gasteiger partial charge < -0.3 is 16.4 Å². The summed E-state index contributed by atoms with van der Waals surface area (Å²) >= 11 is 0. The van der Waals surface area contributed by atoms with Crippen molar-refractivity contribution >= 4 is 23.1 Å². The zero-order valence-corrected chi connectivity index (χ0v) is 14.9. The Labute approximate surface area is 155 Å². The van der Waals surface area contributed by atoms with Gasteiger partial charge in [0, 0.05) is 17.8 Å². The fourth-order valence-electron chi connectivity index (χ4n) is 2.39. The second-order valence-electron chi connectivity index (χ2n) is 6.21. The summed E-state index contributed by atoms with van der Waals surface area (Å²) in [4.78, 5) is 24.4. The molecule has 2 heterocycles. The monoisotopic (exact) mass is 366 g/mol. The first-order valence-electron chi connectivity index (χ1n) is 8.34. The van der Waals surface area contributed by atoms with Crippen LogP contribution in [-0.2, 0) is 0 Å². The van der Waals surface area contributed by atoms with Crippen LogP contribution in [0.4, 0.5) is 21.6 Å². The number of nitrogens with zero attached hydrogens (tertiary/aromatic N) is 3. The number of benzene rings is 1. The number of carbonyl (C=O) groups excluding carboxylic acids is 1. The van der Waals surface area contributed by atoms with Crippen molar-refractivity contribution in [1.29, 1.82) is 0 Å². The van der Waals surface area contributed by atoms with E-state index in [9.17, 15) is 9.18 Å². The summed E-state index contributed by atoms with van der Waals surface area (Å²) in [5.74, 6) is -0.400. The number of nitrogen functional groups attached to an aromatic ring is 1. The number of rotatable bonds is 5. The molecule has 0 fully saturated rings. The lowest BCUT2D eigenvalue weighted by molar-refractivity contribution is 0.102. The van der Waals surface area contributed by atoms with Gasteiger partial charge in [0.25, 0.3) is 5.91 Å². The minimum Gasteiger partial charge on any atom is -0.397 e. The highest BCUT2D eigenvalue weighted by atomic mass is 19.1. The van der Waals surface area contributed by atoms with E-state index in [2.05, 4.69) is 25.6 Å². The quantitative estimate of drug-likeness (QED) is 0.472. The maximum atomic E-state index is 13.0. The minimum absolute atomic E-state index is 0.164. The van der Waals surface area contributed by atoms with Gasteiger partial charge in [-0.1, -0.05) is 6.07 Å². The van der Waals surface area contributed by atoms with Crippen molar-refractivity contribution in [3.63, 3.8) is 0 Å². The molecule has 0 unspecified atom stereocenters. The Morgan fingerprint density at radius 3 is 2.44 bits per heavy atom. The smallest absolute Gasteiger partial charge is 0.275 e. The van der Waals surface area contributed by atoms with Crippen molar-refractivity contribution in [3.05, 3.63) is 60.6 Å². The van der Waals surface area contributed by atoms with Crippen LogP contribution in [-0.4, -0.2) is 26.9 Å². The summed E-state index contributed by atoms with van der Waals surface area (Å²) in [7, 11) is 0. The lowest BCUT2D eigenvalue weighted by Gasteiger charge is -2.11. The molecule has 1 aromatic carbocycles. The van der Waals surface area contributed by atoms with E-state index in [0.29, 0.717) is 22.8 Å². The largest absolute Gasteiger partial charge is 0.397 e. The van der Waals surface area contributed by atoms with E-state index in [4.69, 9.17) is 5.73 Å². The number of hydrogen-bond acceptors (Lipinski definition) is 6. The average Bonchev–Trinajstić information content (AvgIpc) is 2.64. The van der Waals surface area contributed by atoms with Crippen molar-refractivity contribution in [2.45, 2.75) is 19.9 Å². The van der Waals surface area contributed by atoms with Gasteiger partial charge >= 0.3 is 0 Å². The molecule has 0 atom stereocenters. The van der Waals surface area contributed by atoms with Crippen LogP contribution in [0, 0.1) is 5.95 Å². The molecule has 0 spiro atoms. The molecule has 8 heteroatoms. The van der Waals surface area contributed by atoms with Gasteiger partial charge in [0.15, 0.2) is 0 Å². The first-order chi connectivity index (χ1) is 12.9. The molecule has 1 amide bonds. The van der Waals surface area contributed by atoms with Gasteiger partial charge in [-0.3, -0.25) is 4.79 Å². The second-order valence-corrected chi connectivity index (χ2v) is 6.21. The van der Waals surface area contributed by atoms with Crippen LogP contribution in [0.2, 0.25) is 0 Å². The van der Waals surface area contributed by atoms with Gasteiger partial charge in [-0.05, 0) is 43.7 Å². The molecule has 0 bridgehead atoms. The Morgan fingerprint density at radius 2 is 1.81 bits per heavy atom. The van der Waals surface area contributed by atoms with E-state index in [-0.39, 0.29) is 11.7 Å². The molecular formula is C19H19FN6O.